The van der Waals surface area contributed by atoms with Crippen LogP contribution in [-0.2, 0) is 23.0 Å². The minimum absolute atomic E-state index is 0.00172. The van der Waals surface area contributed by atoms with E-state index >= 15 is 0 Å². The van der Waals surface area contributed by atoms with E-state index in [4.69, 9.17) is 4.74 Å². The summed E-state index contributed by atoms with van der Waals surface area (Å²) in [7, 11) is 1.55. The molecule has 0 bridgehead atoms. The third kappa shape index (κ3) is 4.03. The molecule has 0 saturated heterocycles. The molecule has 1 heterocycles. The van der Waals surface area contributed by atoms with Crippen molar-refractivity contribution in [2.24, 2.45) is 7.05 Å². The van der Waals surface area contributed by atoms with Crippen LogP contribution < -0.4 is 10.9 Å². The molecule has 1 amide bonds. The summed E-state index contributed by atoms with van der Waals surface area (Å²) in [6.45, 7) is 2.01. The molecule has 0 spiro atoms. The number of amides is 1. The zero-order chi connectivity index (χ0) is 19.4. The number of ether oxygens (including phenoxy) is 1. The second-order valence-corrected chi connectivity index (χ2v) is 5.95. The van der Waals surface area contributed by atoms with Crippen LogP contribution in [0.3, 0.4) is 0 Å². The number of aryl methyl sites for hydroxylation is 1. The normalized spacial score (nSPS) is 10.6. The third-order valence-electron chi connectivity index (χ3n) is 4.02. The Bertz CT molecular complexity index is 1070. The van der Waals surface area contributed by atoms with Gasteiger partial charge in [-0.15, -0.1) is 0 Å². The van der Waals surface area contributed by atoms with Crippen molar-refractivity contribution in [1.82, 2.24) is 9.78 Å². The van der Waals surface area contributed by atoms with Gasteiger partial charge in [-0.3, -0.25) is 9.59 Å². The number of esters is 1. The van der Waals surface area contributed by atoms with E-state index < -0.39 is 5.97 Å². The number of anilines is 1. The lowest BCUT2D eigenvalue weighted by Crippen LogP contribution is -2.24. The maximum Gasteiger partial charge on any atom is 0.338 e. The van der Waals surface area contributed by atoms with Crippen molar-refractivity contribution in [3.05, 3.63) is 70.1 Å². The third-order valence-corrected chi connectivity index (χ3v) is 4.02. The predicted octanol–water partition coefficient (Wildman–Crippen LogP) is 2.29. The van der Waals surface area contributed by atoms with E-state index in [0.29, 0.717) is 27.7 Å². The van der Waals surface area contributed by atoms with Gasteiger partial charge in [-0.25, -0.2) is 9.48 Å². The molecule has 0 unspecified atom stereocenters. The number of carbonyl (C=O) groups excluding carboxylic acids is 2. The Labute approximate surface area is 155 Å². The minimum Gasteiger partial charge on any atom is -0.462 e. The first-order valence-corrected chi connectivity index (χ1v) is 8.51. The highest BCUT2D eigenvalue weighted by Crippen LogP contribution is 2.16. The summed E-state index contributed by atoms with van der Waals surface area (Å²) in [6, 6.07) is 13.6. The van der Waals surface area contributed by atoms with Crippen LogP contribution >= 0.6 is 0 Å². The molecule has 0 aliphatic rings. The molecule has 1 N–H and O–H groups in total. The maximum absolute atomic E-state index is 12.5. The summed E-state index contributed by atoms with van der Waals surface area (Å²) >= 11 is 0. The monoisotopic (exact) mass is 365 g/mol. The van der Waals surface area contributed by atoms with E-state index in [1.54, 1.807) is 62.5 Å². The first kappa shape index (κ1) is 18.3. The highest BCUT2D eigenvalue weighted by Gasteiger charge is 2.13. The molecule has 2 aromatic carbocycles. The molecule has 7 heteroatoms. The van der Waals surface area contributed by atoms with Crippen LogP contribution in [0.2, 0.25) is 0 Å². The molecule has 0 aliphatic heterocycles. The van der Waals surface area contributed by atoms with Crippen molar-refractivity contribution in [1.29, 1.82) is 0 Å². The molecule has 27 heavy (non-hydrogen) atoms. The van der Waals surface area contributed by atoms with E-state index in [1.807, 2.05) is 0 Å². The molecule has 0 saturated carbocycles. The van der Waals surface area contributed by atoms with Gasteiger partial charge in [-0.2, -0.15) is 5.10 Å². The number of rotatable bonds is 5. The number of aromatic nitrogens is 2. The van der Waals surface area contributed by atoms with Crippen molar-refractivity contribution in [3.8, 4) is 0 Å². The zero-order valence-corrected chi connectivity index (χ0v) is 15.1. The minimum atomic E-state index is -0.445. The molecule has 0 radical (unpaired) electrons. The molecule has 0 fully saturated rings. The second-order valence-electron chi connectivity index (χ2n) is 5.95. The molecule has 138 valence electrons. The number of fused-ring (bicyclic) bond motifs is 1. The first-order chi connectivity index (χ1) is 13.0. The first-order valence-electron chi connectivity index (χ1n) is 8.51. The van der Waals surface area contributed by atoms with Gasteiger partial charge in [-0.1, -0.05) is 24.3 Å². The quantitative estimate of drug-likeness (QED) is 0.701. The van der Waals surface area contributed by atoms with Gasteiger partial charge >= 0.3 is 5.97 Å². The summed E-state index contributed by atoms with van der Waals surface area (Å²) in [5, 5.41) is 8.14. The number of benzene rings is 2. The lowest BCUT2D eigenvalue weighted by atomic mass is 10.1. The Hall–Kier alpha value is -3.48. The molecule has 0 atom stereocenters. The van der Waals surface area contributed by atoms with Crippen LogP contribution in [0.5, 0.6) is 0 Å². The van der Waals surface area contributed by atoms with Gasteiger partial charge < -0.3 is 10.1 Å². The molecule has 1 aromatic heterocycles. The lowest BCUT2D eigenvalue weighted by Gasteiger charge is -2.09. The highest BCUT2D eigenvalue weighted by atomic mass is 16.5. The fourth-order valence-electron chi connectivity index (χ4n) is 2.80. The average molecular weight is 365 g/mol. The number of nitrogens with one attached hydrogen (secondary N) is 1. The smallest absolute Gasteiger partial charge is 0.338 e. The Morgan fingerprint density at radius 3 is 2.59 bits per heavy atom. The van der Waals surface area contributed by atoms with Crippen molar-refractivity contribution in [2.75, 3.05) is 11.9 Å². The van der Waals surface area contributed by atoms with Gasteiger partial charge in [0.15, 0.2) is 0 Å². The molecule has 3 rings (SSSR count). The Kier molecular flexibility index (Phi) is 5.30. The summed E-state index contributed by atoms with van der Waals surface area (Å²) < 4.78 is 6.19. The van der Waals surface area contributed by atoms with Gasteiger partial charge in [0.2, 0.25) is 5.91 Å². The molecule has 3 aromatic rings. The number of hydrogen-bond acceptors (Lipinski definition) is 5. The summed E-state index contributed by atoms with van der Waals surface area (Å²) in [5.41, 5.74) is 1.14. The van der Waals surface area contributed by atoms with E-state index in [2.05, 4.69) is 10.4 Å². The second kappa shape index (κ2) is 7.82. The van der Waals surface area contributed by atoms with Crippen molar-refractivity contribution in [3.63, 3.8) is 0 Å². The Morgan fingerprint density at radius 1 is 1.11 bits per heavy atom. The van der Waals surface area contributed by atoms with Crippen LogP contribution in [0.15, 0.2) is 53.3 Å². The van der Waals surface area contributed by atoms with Gasteiger partial charge in [0.25, 0.3) is 5.56 Å². The Balaban J connectivity index is 1.82. The molecule has 0 aliphatic carbocycles. The van der Waals surface area contributed by atoms with E-state index in [1.165, 1.54) is 4.68 Å². The lowest BCUT2D eigenvalue weighted by molar-refractivity contribution is -0.115. The highest BCUT2D eigenvalue weighted by molar-refractivity contribution is 5.97. The van der Waals surface area contributed by atoms with Crippen LogP contribution in [0, 0.1) is 0 Å². The average Bonchev–Trinajstić information content (AvgIpc) is 2.66. The Morgan fingerprint density at radius 2 is 1.85 bits per heavy atom. The number of nitrogens with zero attached hydrogens (tertiary/aromatic N) is 2. The van der Waals surface area contributed by atoms with E-state index in [-0.39, 0.29) is 24.5 Å². The standard InChI is InChI=1S/C20H19N3O4/c1-3-27-20(26)13-7-6-8-14(11-13)21-18(24)12-17-15-9-4-5-10-16(15)19(25)23(2)22-17/h4-11H,3,12H2,1-2H3,(H,21,24). The maximum atomic E-state index is 12.5. The van der Waals surface area contributed by atoms with Gasteiger partial charge in [0.05, 0.1) is 29.7 Å². The summed E-state index contributed by atoms with van der Waals surface area (Å²) in [6.07, 6.45) is -0.00172. The van der Waals surface area contributed by atoms with Crippen molar-refractivity contribution < 1.29 is 14.3 Å². The van der Waals surface area contributed by atoms with E-state index in [9.17, 15) is 14.4 Å². The van der Waals surface area contributed by atoms with Crippen LogP contribution in [0.1, 0.15) is 23.0 Å². The zero-order valence-electron chi connectivity index (χ0n) is 15.1. The molecule has 7 nitrogen and oxygen atoms in total. The van der Waals surface area contributed by atoms with Crippen LogP contribution in [-0.4, -0.2) is 28.3 Å². The SMILES string of the molecule is CCOC(=O)c1cccc(NC(=O)Cc2nn(C)c(=O)c3ccccc23)c1. The molecular weight excluding hydrogens is 346 g/mol. The van der Waals surface area contributed by atoms with Gasteiger partial charge in [0, 0.05) is 18.1 Å². The van der Waals surface area contributed by atoms with Crippen LogP contribution in [0.4, 0.5) is 5.69 Å². The fraction of sp³-hybridized carbons (Fsp3) is 0.200. The van der Waals surface area contributed by atoms with E-state index in [0.717, 1.165) is 0 Å². The topological polar surface area (TPSA) is 90.3 Å². The number of carbonyl (C=O) groups is 2. The van der Waals surface area contributed by atoms with Crippen molar-refractivity contribution >= 4 is 28.3 Å². The van der Waals surface area contributed by atoms with Gasteiger partial charge in [0.1, 0.15) is 0 Å². The van der Waals surface area contributed by atoms with Gasteiger partial charge in [-0.05, 0) is 31.2 Å². The van der Waals surface area contributed by atoms with Crippen LogP contribution in [0.25, 0.3) is 10.8 Å². The fourth-order valence-corrected chi connectivity index (χ4v) is 2.80. The number of hydrogen-bond donors (Lipinski definition) is 1. The predicted molar refractivity (Wildman–Crippen MR) is 102 cm³/mol. The van der Waals surface area contributed by atoms with Crippen molar-refractivity contribution in [2.45, 2.75) is 13.3 Å². The summed E-state index contributed by atoms with van der Waals surface area (Å²) in [5.74, 6) is -0.744. The molecular formula is C20H19N3O4. The largest absolute Gasteiger partial charge is 0.462 e. The summed E-state index contributed by atoms with van der Waals surface area (Å²) in [4.78, 5) is 36.5.